The van der Waals surface area contributed by atoms with Crippen molar-refractivity contribution in [3.63, 3.8) is 0 Å². The minimum atomic E-state index is -0.229. The summed E-state index contributed by atoms with van der Waals surface area (Å²) in [4.78, 5) is 15.4. The number of ether oxygens (including phenoxy) is 1. The third-order valence-electron chi connectivity index (χ3n) is 5.41. The van der Waals surface area contributed by atoms with Crippen LogP contribution in [0.4, 0.5) is 5.69 Å². The molecule has 0 radical (unpaired) electrons. The number of nitrogens with zero attached hydrogens (tertiary/aromatic N) is 1. The van der Waals surface area contributed by atoms with Crippen LogP contribution in [-0.2, 0) is 0 Å². The monoisotopic (exact) mass is 358 g/mol. The van der Waals surface area contributed by atoms with E-state index in [1.54, 1.807) is 0 Å². The Morgan fingerprint density at radius 1 is 1.04 bits per heavy atom. The number of fused-ring (bicyclic) bond motifs is 2. The van der Waals surface area contributed by atoms with Crippen LogP contribution in [-0.4, -0.2) is 23.5 Å². The highest BCUT2D eigenvalue weighted by molar-refractivity contribution is 6.03. The minimum absolute atomic E-state index is 0.104. The summed E-state index contributed by atoms with van der Waals surface area (Å²) in [6, 6.07) is 20.5. The molecule has 4 nitrogen and oxygen atoms in total. The van der Waals surface area contributed by atoms with Gasteiger partial charge in [0.25, 0.3) is 5.91 Å². The highest BCUT2D eigenvalue weighted by Crippen LogP contribution is 2.45. The summed E-state index contributed by atoms with van der Waals surface area (Å²) in [7, 11) is 0. The summed E-state index contributed by atoms with van der Waals surface area (Å²) in [5.74, 6) is 0.943. The topological polar surface area (TPSA) is 41.6 Å². The molecule has 2 aliphatic rings. The van der Waals surface area contributed by atoms with E-state index in [-0.39, 0.29) is 18.1 Å². The van der Waals surface area contributed by atoms with Crippen LogP contribution in [0, 0.1) is 0 Å². The highest BCUT2D eigenvalue weighted by atomic mass is 16.5. The molecule has 0 bridgehead atoms. The van der Waals surface area contributed by atoms with Crippen molar-refractivity contribution in [2.45, 2.75) is 32.0 Å². The number of nitrogens with one attached hydrogen (secondary N) is 1. The number of benzene rings is 3. The maximum atomic E-state index is 13.3. The van der Waals surface area contributed by atoms with Crippen molar-refractivity contribution in [1.82, 2.24) is 4.90 Å². The Kier molecular flexibility index (Phi) is 3.78. The molecule has 3 aromatic rings. The zero-order valence-electron chi connectivity index (χ0n) is 15.3. The first-order chi connectivity index (χ1) is 13.3. The first-order valence-corrected chi connectivity index (χ1v) is 9.60. The second-order valence-corrected chi connectivity index (χ2v) is 7.17. The predicted molar refractivity (Wildman–Crippen MR) is 107 cm³/mol. The molecule has 5 rings (SSSR count). The zero-order chi connectivity index (χ0) is 18.4. The Morgan fingerprint density at radius 3 is 2.63 bits per heavy atom. The van der Waals surface area contributed by atoms with E-state index in [0.717, 1.165) is 46.2 Å². The van der Waals surface area contributed by atoms with Gasteiger partial charge >= 0.3 is 0 Å². The number of amides is 1. The first-order valence-electron chi connectivity index (χ1n) is 9.60. The lowest BCUT2D eigenvalue weighted by Gasteiger charge is -2.39. The Labute approximate surface area is 158 Å². The number of para-hydroxylation sites is 1. The second kappa shape index (κ2) is 6.31. The van der Waals surface area contributed by atoms with Crippen molar-refractivity contribution in [1.29, 1.82) is 0 Å². The Morgan fingerprint density at radius 2 is 1.81 bits per heavy atom. The number of carbonyl (C=O) groups is 1. The molecule has 1 amide bonds. The van der Waals surface area contributed by atoms with E-state index in [1.807, 2.05) is 54.3 Å². The third-order valence-corrected chi connectivity index (χ3v) is 5.41. The van der Waals surface area contributed by atoms with Gasteiger partial charge in [-0.1, -0.05) is 42.5 Å². The maximum absolute atomic E-state index is 13.3. The lowest BCUT2D eigenvalue weighted by atomic mass is 9.97. The van der Waals surface area contributed by atoms with Crippen molar-refractivity contribution < 1.29 is 9.53 Å². The molecule has 1 aliphatic carbocycles. The molecule has 0 saturated heterocycles. The van der Waals surface area contributed by atoms with Gasteiger partial charge in [0.2, 0.25) is 0 Å². The molecule has 0 spiro atoms. The normalized spacial score (nSPS) is 18.9. The van der Waals surface area contributed by atoms with Gasteiger partial charge in [-0.2, -0.15) is 0 Å². The molecule has 3 aromatic carbocycles. The molecule has 1 atom stereocenters. The molecule has 1 aliphatic heterocycles. The average molecular weight is 358 g/mol. The first kappa shape index (κ1) is 16.2. The molecule has 1 saturated carbocycles. The molecular formula is C23H22N2O2. The van der Waals surface area contributed by atoms with Crippen LogP contribution in [0.2, 0.25) is 0 Å². The van der Waals surface area contributed by atoms with Crippen LogP contribution >= 0.6 is 0 Å². The van der Waals surface area contributed by atoms with Crippen molar-refractivity contribution in [2.75, 3.05) is 11.9 Å². The van der Waals surface area contributed by atoms with Gasteiger partial charge in [0.05, 0.1) is 12.2 Å². The molecule has 1 N–H and O–H groups in total. The molecular weight excluding hydrogens is 336 g/mol. The van der Waals surface area contributed by atoms with Crippen molar-refractivity contribution >= 4 is 22.4 Å². The molecule has 0 aromatic heterocycles. The van der Waals surface area contributed by atoms with Gasteiger partial charge in [-0.05, 0) is 48.7 Å². The number of carbonyl (C=O) groups excluding carboxylic acids is 1. The van der Waals surface area contributed by atoms with E-state index in [4.69, 9.17) is 4.74 Å². The van der Waals surface area contributed by atoms with Crippen molar-refractivity contribution in [3.8, 4) is 5.75 Å². The van der Waals surface area contributed by atoms with Crippen LogP contribution in [0.5, 0.6) is 5.75 Å². The fourth-order valence-corrected chi connectivity index (χ4v) is 4.05. The summed E-state index contributed by atoms with van der Waals surface area (Å²) in [5, 5.41) is 5.91. The van der Waals surface area contributed by atoms with Gasteiger partial charge in [-0.3, -0.25) is 4.79 Å². The Balaban J connectivity index is 1.73. The van der Waals surface area contributed by atoms with E-state index < -0.39 is 0 Å². The predicted octanol–water partition coefficient (Wildman–Crippen LogP) is 4.97. The number of anilines is 1. The summed E-state index contributed by atoms with van der Waals surface area (Å²) in [5.41, 5.74) is 2.68. The standard InChI is InChI=1S/C23H22N2O2/c1-2-27-20-14-11-15-7-3-4-8-17(15)21(20)22-24-19-10-6-5-9-18(19)23(26)25(22)16-12-13-16/h3-11,14,16,22,24H,2,12-13H2,1H3/t22-/m0/s1. The van der Waals surface area contributed by atoms with Crippen LogP contribution in [0.15, 0.2) is 60.7 Å². The van der Waals surface area contributed by atoms with Crippen LogP contribution in [0.1, 0.15) is 41.9 Å². The quantitative estimate of drug-likeness (QED) is 0.716. The molecule has 1 heterocycles. The smallest absolute Gasteiger partial charge is 0.258 e. The molecule has 4 heteroatoms. The zero-order valence-corrected chi connectivity index (χ0v) is 15.3. The average Bonchev–Trinajstić information content (AvgIpc) is 3.53. The Hall–Kier alpha value is -3.01. The Bertz CT molecular complexity index is 1030. The summed E-state index contributed by atoms with van der Waals surface area (Å²) in [6.45, 7) is 2.58. The fourth-order valence-electron chi connectivity index (χ4n) is 4.05. The summed E-state index contributed by atoms with van der Waals surface area (Å²) >= 11 is 0. The van der Waals surface area contributed by atoms with E-state index in [9.17, 15) is 4.79 Å². The van der Waals surface area contributed by atoms with Gasteiger partial charge in [-0.25, -0.2) is 0 Å². The van der Waals surface area contributed by atoms with E-state index >= 15 is 0 Å². The number of hydrogen-bond acceptors (Lipinski definition) is 3. The van der Waals surface area contributed by atoms with Crippen LogP contribution in [0.3, 0.4) is 0 Å². The van der Waals surface area contributed by atoms with E-state index in [0.29, 0.717) is 6.61 Å². The van der Waals surface area contributed by atoms with Gasteiger partial charge in [0, 0.05) is 17.3 Å². The van der Waals surface area contributed by atoms with Crippen molar-refractivity contribution in [2.24, 2.45) is 0 Å². The van der Waals surface area contributed by atoms with Gasteiger partial charge in [-0.15, -0.1) is 0 Å². The van der Waals surface area contributed by atoms with Gasteiger partial charge in [0.15, 0.2) is 0 Å². The molecule has 0 unspecified atom stereocenters. The lowest BCUT2D eigenvalue weighted by molar-refractivity contribution is 0.0665. The third kappa shape index (κ3) is 2.64. The largest absolute Gasteiger partial charge is 0.493 e. The maximum Gasteiger partial charge on any atom is 0.258 e. The SMILES string of the molecule is CCOc1ccc2ccccc2c1[C@H]1Nc2ccccc2C(=O)N1C1CC1. The van der Waals surface area contributed by atoms with Crippen LogP contribution in [0.25, 0.3) is 10.8 Å². The molecule has 136 valence electrons. The van der Waals surface area contributed by atoms with Gasteiger partial charge in [0.1, 0.15) is 11.9 Å². The van der Waals surface area contributed by atoms with Crippen LogP contribution < -0.4 is 10.1 Å². The molecule has 1 fully saturated rings. The number of hydrogen-bond donors (Lipinski definition) is 1. The highest BCUT2D eigenvalue weighted by Gasteiger charge is 2.43. The van der Waals surface area contributed by atoms with Crippen molar-refractivity contribution in [3.05, 3.63) is 71.8 Å². The molecule has 27 heavy (non-hydrogen) atoms. The summed E-state index contributed by atoms with van der Waals surface area (Å²) in [6.07, 6.45) is 1.88. The van der Waals surface area contributed by atoms with Gasteiger partial charge < -0.3 is 15.0 Å². The second-order valence-electron chi connectivity index (χ2n) is 7.17. The number of rotatable bonds is 4. The lowest BCUT2D eigenvalue weighted by Crippen LogP contribution is -2.44. The van der Waals surface area contributed by atoms with E-state index in [2.05, 4.69) is 23.5 Å². The van der Waals surface area contributed by atoms with E-state index in [1.165, 1.54) is 0 Å². The fraction of sp³-hybridized carbons (Fsp3) is 0.261. The summed E-state index contributed by atoms with van der Waals surface area (Å²) < 4.78 is 5.99. The minimum Gasteiger partial charge on any atom is -0.493 e.